The first-order valence-corrected chi connectivity index (χ1v) is 3.72. The molecule has 11 heavy (non-hydrogen) atoms. The van der Waals surface area contributed by atoms with Crippen molar-refractivity contribution in [2.45, 2.75) is 19.8 Å². The van der Waals surface area contributed by atoms with Crippen molar-refractivity contribution in [3.8, 4) is 12.1 Å². The van der Waals surface area contributed by atoms with Crippen LogP contribution in [0.5, 0.6) is 0 Å². The number of allylic oxidation sites excluding steroid dienone is 2. The minimum Gasteiger partial charge on any atom is -0.198 e. The van der Waals surface area contributed by atoms with Crippen molar-refractivity contribution in [3.63, 3.8) is 0 Å². The summed E-state index contributed by atoms with van der Waals surface area (Å²) in [7, 11) is 0. The van der Waals surface area contributed by atoms with Crippen LogP contribution in [0.3, 0.4) is 0 Å². The quantitative estimate of drug-likeness (QED) is 0.491. The smallest absolute Gasteiger partial charge is 0.0673 e. The highest BCUT2D eigenvalue weighted by molar-refractivity contribution is 5.14. The van der Waals surface area contributed by atoms with E-state index in [4.69, 9.17) is 10.5 Å². The Morgan fingerprint density at radius 3 is 2.55 bits per heavy atom. The summed E-state index contributed by atoms with van der Waals surface area (Å²) in [6.07, 6.45) is 3.58. The normalized spacial score (nSPS) is 29.9. The standard InChI is InChI=1S/C9H10N2/c1-7-2-3-8(5-10)9(4-7)6-11/h2,8-9H,3-4H2,1H3/t8-,9+/m0/s1. The van der Waals surface area contributed by atoms with Gasteiger partial charge in [-0.25, -0.2) is 0 Å². The molecule has 0 unspecified atom stereocenters. The Kier molecular flexibility index (Phi) is 2.28. The molecule has 0 N–H and O–H groups in total. The largest absolute Gasteiger partial charge is 0.198 e. The molecule has 0 aromatic carbocycles. The SMILES string of the molecule is CC1=CC[C@@H](C#N)[C@@H](C#N)C1. The maximum atomic E-state index is 8.68. The van der Waals surface area contributed by atoms with E-state index in [0.29, 0.717) is 0 Å². The van der Waals surface area contributed by atoms with Crippen molar-refractivity contribution in [3.05, 3.63) is 11.6 Å². The predicted molar refractivity (Wildman–Crippen MR) is 41.2 cm³/mol. The fourth-order valence-electron chi connectivity index (χ4n) is 1.34. The predicted octanol–water partition coefficient (Wildman–Crippen LogP) is 2.01. The average molecular weight is 146 g/mol. The first-order valence-electron chi connectivity index (χ1n) is 3.72. The molecule has 0 aromatic heterocycles. The summed E-state index contributed by atoms with van der Waals surface area (Å²) in [4.78, 5) is 0. The van der Waals surface area contributed by atoms with E-state index in [2.05, 4.69) is 18.2 Å². The zero-order chi connectivity index (χ0) is 8.27. The molecule has 0 aliphatic heterocycles. The van der Waals surface area contributed by atoms with Gasteiger partial charge in [-0.05, 0) is 19.8 Å². The van der Waals surface area contributed by atoms with Gasteiger partial charge in [-0.15, -0.1) is 0 Å². The van der Waals surface area contributed by atoms with Gasteiger partial charge in [0.05, 0.1) is 24.0 Å². The fraction of sp³-hybridized carbons (Fsp3) is 0.556. The highest BCUT2D eigenvalue weighted by Gasteiger charge is 2.23. The van der Waals surface area contributed by atoms with Crippen LogP contribution in [-0.4, -0.2) is 0 Å². The van der Waals surface area contributed by atoms with E-state index in [-0.39, 0.29) is 11.8 Å². The van der Waals surface area contributed by atoms with Crippen LogP contribution < -0.4 is 0 Å². The molecule has 0 heterocycles. The summed E-state index contributed by atoms with van der Waals surface area (Å²) in [6, 6.07) is 4.33. The minimum absolute atomic E-state index is 0.0787. The third kappa shape index (κ3) is 1.59. The van der Waals surface area contributed by atoms with Crippen LogP contribution in [0.4, 0.5) is 0 Å². The molecule has 0 bridgehead atoms. The van der Waals surface area contributed by atoms with E-state index in [1.54, 1.807) is 0 Å². The maximum Gasteiger partial charge on any atom is 0.0673 e. The van der Waals surface area contributed by atoms with Crippen LogP contribution >= 0.6 is 0 Å². The molecule has 0 radical (unpaired) electrons. The average Bonchev–Trinajstić information content (AvgIpc) is 2.04. The van der Waals surface area contributed by atoms with Crippen molar-refractivity contribution in [2.75, 3.05) is 0 Å². The Morgan fingerprint density at radius 2 is 2.00 bits per heavy atom. The number of rotatable bonds is 0. The lowest BCUT2D eigenvalue weighted by molar-refractivity contribution is 0.471. The molecule has 2 heteroatoms. The van der Waals surface area contributed by atoms with Crippen molar-refractivity contribution >= 4 is 0 Å². The molecule has 0 saturated heterocycles. The monoisotopic (exact) mass is 146 g/mol. The highest BCUT2D eigenvalue weighted by Crippen LogP contribution is 2.28. The molecular weight excluding hydrogens is 136 g/mol. The van der Waals surface area contributed by atoms with Gasteiger partial charge in [0.2, 0.25) is 0 Å². The van der Waals surface area contributed by atoms with E-state index in [9.17, 15) is 0 Å². The van der Waals surface area contributed by atoms with Crippen LogP contribution in [0.2, 0.25) is 0 Å². The molecular formula is C9H10N2. The molecule has 2 atom stereocenters. The first kappa shape index (κ1) is 7.82. The van der Waals surface area contributed by atoms with Gasteiger partial charge < -0.3 is 0 Å². The zero-order valence-electron chi connectivity index (χ0n) is 6.54. The highest BCUT2D eigenvalue weighted by atomic mass is 14.4. The topological polar surface area (TPSA) is 47.6 Å². The van der Waals surface area contributed by atoms with Gasteiger partial charge in [0.25, 0.3) is 0 Å². The molecule has 1 aliphatic carbocycles. The maximum absolute atomic E-state index is 8.68. The Labute approximate surface area is 66.7 Å². The Bertz CT molecular complexity index is 252. The van der Waals surface area contributed by atoms with Gasteiger partial charge in [-0.3, -0.25) is 0 Å². The second kappa shape index (κ2) is 3.21. The van der Waals surface area contributed by atoms with E-state index in [0.717, 1.165) is 12.8 Å². The van der Waals surface area contributed by atoms with Crippen molar-refractivity contribution in [1.82, 2.24) is 0 Å². The van der Waals surface area contributed by atoms with Crippen molar-refractivity contribution in [1.29, 1.82) is 10.5 Å². The second-order valence-electron chi connectivity index (χ2n) is 2.96. The summed E-state index contributed by atoms with van der Waals surface area (Å²) in [6.45, 7) is 2.01. The Hall–Kier alpha value is -1.28. The summed E-state index contributed by atoms with van der Waals surface area (Å²) in [5, 5.41) is 17.3. The molecule has 2 nitrogen and oxygen atoms in total. The first-order chi connectivity index (χ1) is 5.27. The number of nitrogens with zero attached hydrogens (tertiary/aromatic N) is 2. The number of hydrogen-bond acceptors (Lipinski definition) is 2. The zero-order valence-corrected chi connectivity index (χ0v) is 6.54. The fourth-order valence-corrected chi connectivity index (χ4v) is 1.34. The van der Waals surface area contributed by atoms with E-state index >= 15 is 0 Å². The summed E-state index contributed by atoms with van der Waals surface area (Å²) in [5.41, 5.74) is 1.24. The molecule has 1 aliphatic rings. The summed E-state index contributed by atoms with van der Waals surface area (Å²) < 4.78 is 0. The van der Waals surface area contributed by atoms with Crippen molar-refractivity contribution in [2.24, 2.45) is 11.8 Å². The molecule has 0 fully saturated rings. The van der Waals surface area contributed by atoms with Gasteiger partial charge in [0, 0.05) is 0 Å². The molecule has 0 amide bonds. The van der Waals surface area contributed by atoms with Gasteiger partial charge in [0.1, 0.15) is 0 Å². The van der Waals surface area contributed by atoms with E-state index in [1.165, 1.54) is 5.57 Å². The van der Waals surface area contributed by atoms with Crippen LogP contribution in [0.25, 0.3) is 0 Å². The van der Waals surface area contributed by atoms with Crippen molar-refractivity contribution < 1.29 is 0 Å². The van der Waals surface area contributed by atoms with Gasteiger partial charge >= 0.3 is 0 Å². The third-order valence-electron chi connectivity index (χ3n) is 2.08. The van der Waals surface area contributed by atoms with E-state index in [1.807, 2.05) is 6.92 Å². The van der Waals surface area contributed by atoms with Crippen LogP contribution in [0, 0.1) is 34.5 Å². The number of hydrogen-bond donors (Lipinski definition) is 0. The lowest BCUT2D eigenvalue weighted by atomic mass is 9.82. The van der Waals surface area contributed by atoms with Crippen LogP contribution in [0.15, 0.2) is 11.6 Å². The molecule has 56 valence electrons. The Balaban J connectivity index is 2.74. The third-order valence-corrected chi connectivity index (χ3v) is 2.08. The van der Waals surface area contributed by atoms with Crippen LogP contribution in [-0.2, 0) is 0 Å². The lowest BCUT2D eigenvalue weighted by Crippen LogP contribution is -2.14. The number of nitriles is 2. The molecule has 0 saturated carbocycles. The molecule has 1 rings (SSSR count). The van der Waals surface area contributed by atoms with Gasteiger partial charge in [0.15, 0.2) is 0 Å². The summed E-state index contributed by atoms with van der Waals surface area (Å²) >= 11 is 0. The Morgan fingerprint density at radius 1 is 1.36 bits per heavy atom. The molecule has 0 spiro atoms. The summed E-state index contributed by atoms with van der Waals surface area (Å²) in [5.74, 6) is -0.159. The lowest BCUT2D eigenvalue weighted by Gasteiger charge is -2.19. The van der Waals surface area contributed by atoms with Gasteiger partial charge in [-0.1, -0.05) is 11.6 Å². The van der Waals surface area contributed by atoms with Gasteiger partial charge in [-0.2, -0.15) is 10.5 Å². The van der Waals surface area contributed by atoms with E-state index < -0.39 is 0 Å². The molecule has 0 aromatic rings. The van der Waals surface area contributed by atoms with Crippen LogP contribution in [0.1, 0.15) is 19.8 Å². The minimum atomic E-state index is -0.0799. The second-order valence-corrected chi connectivity index (χ2v) is 2.96.